The van der Waals surface area contributed by atoms with E-state index in [9.17, 15) is 4.79 Å². The van der Waals surface area contributed by atoms with Crippen LogP contribution in [0.1, 0.15) is 33.6 Å². The van der Waals surface area contributed by atoms with Crippen molar-refractivity contribution in [3.8, 4) is 0 Å². The lowest BCUT2D eigenvalue weighted by atomic mass is 9.92. The van der Waals surface area contributed by atoms with E-state index in [-0.39, 0.29) is 5.92 Å². The first-order chi connectivity index (χ1) is 8.58. The van der Waals surface area contributed by atoms with Gasteiger partial charge < -0.3 is 10.2 Å². The molecule has 0 bridgehead atoms. The van der Waals surface area contributed by atoms with Gasteiger partial charge >= 0.3 is 0 Å². The molecule has 0 radical (unpaired) electrons. The lowest BCUT2D eigenvalue weighted by Gasteiger charge is -2.39. The van der Waals surface area contributed by atoms with Crippen molar-refractivity contribution in [2.45, 2.75) is 45.7 Å². The maximum absolute atomic E-state index is 12.5. The van der Waals surface area contributed by atoms with Crippen LogP contribution >= 0.6 is 0 Å². The second kappa shape index (κ2) is 6.02. The van der Waals surface area contributed by atoms with Crippen molar-refractivity contribution in [3.63, 3.8) is 0 Å². The number of rotatable bonds is 2. The van der Waals surface area contributed by atoms with Gasteiger partial charge in [0.1, 0.15) is 0 Å². The van der Waals surface area contributed by atoms with E-state index in [0.29, 0.717) is 18.0 Å². The molecule has 1 N–H and O–H groups in total. The van der Waals surface area contributed by atoms with Crippen molar-refractivity contribution in [2.24, 2.45) is 5.92 Å². The van der Waals surface area contributed by atoms with E-state index in [1.807, 2.05) is 0 Å². The molecular weight excluding hydrogens is 226 g/mol. The molecule has 2 heterocycles. The van der Waals surface area contributed by atoms with Crippen LogP contribution in [0.4, 0.5) is 0 Å². The number of hydrogen-bond donors (Lipinski definition) is 1. The van der Waals surface area contributed by atoms with Gasteiger partial charge in [0.05, 0.1) is 0 Å². The molecule has 2 aliphatic rings. The fraction of sp³-hybridized carbons (Fsp3) is 0.929. The van der Waals surface area contributed by atoms with Gasteiger partial charge in [-0.2, -0.15) is 0 Å². The Bertz CT molecular complexity index is 285. The molecule has 2 fully saturated rings. The Hall–Kier alpha value is -0.610. The van der Waals surface area contributed by atoms with Crippen molar-refractivity contribution >= 4 is 5.91 Å². The first-order valence-corrected chi connectivity index (χ1v) is 7.34. The van der Waals surface area contributed by atoms with Gasteiger partial charge in [0.25, 0.3) is 0 Å². The monoisotopic (exact) mass is 253 g/mol. The van der Waals surface area contributed by atoms with Crippen molar-refractivity contribution in [2.75, 3.05) is 32.7 Å². The second-order valence-electron chi connectivity index (χ2n) is 6.03. The number of nitrogens with zero attached hydrogens (tertiary/aromatic N) is 2. The summed E-state index contributed by atoms with van der Waals surface area (Å²) < 4.78 is 0. The minimum absolute atomic E-state index is 0.256. The third kappa shape index (κ3) is 3.23. The third-order valence-electron chi connectivity index (χ3n) is 4.33. The van der Waals surface area contributed by atoms with Crippen molar-refractivity contribution in [1.82, 2.24) is 15.1 Å². The molecule has 0 aromatic rings. The van der Waals surface area contributed by atoms with E-state index in [2.05, 4.69) is 35.9 Å². The second-order valence-corrected chi connectivity index (χ2v) is 6.03. The van der Waals surface area contributed by atoms with Gasteiger partial charge in [-0.3, -0.25) is 9.69 Å². The van der Waals surface area contributed by atoms with Crippen LogP contribution in [0.25, 0.3) is 0 Å². The first-order valence-electron chi connectivity index (χ1n) is 7.34. The molecule has 0 aromatic carbocycles. The van der Waals surface area contributed by atoms with Crippen LogP contribution in [0, 0.1) is 5.92 Å². The molecule has 104 valence electrons. The van der Waals surface area contributed by atoms with Crippen molar-refractivity contribution in [3.05, 3.63) is 0 Å². The minimum Gasteiger partial charge on any atom is -0.340 e. The van der Waals surface area contributed by atoms with Crippen molar-refractivity contribution < 1.29 is 4.79 Å². The first kappa shape index (κ1) is 13.8. The summed E-state index contributed by atoms with van der Waals surface area (Å²) >= 11 is 0. The third-order valence-corrected chi connectivity index (χ3v) is 4.33. The fourth-order valence-corrected chi connectivity index (χ4v) is 3.07. The highest BCUT2D eigenvalue weighted by Gasteiger charge is 2.30. The van der Waals surface area contributed by atoms with E-state index >= 15 is 0 Å². The summed E-state index contributed by atoms with van der Waals surface area (Å²) in [4.78, 5) is 17.0. The maximum atomic E-state index is 12.5. The van der Waals surface area contributed by atoms with Gasteiger partial charge in [0.15, 0.2) is 0 Å². The minimum atomic E-state index is 0.256. The Labute approximate surface area is 111 Å². The van der Waals surface area contributed by atoms with E-state index in [1.54, 1.807) is 0 Å². The Kier molecular flexibility index (Phi) is 4.62. The molecule has 0 unspecified atom stereocenters. The van der Waals surface area contributed by atoms with Crippen LogP contribution < -0.4 is 5.32 Å². The molecule has 4 heteroatoms. The van der Waals surface area contributed by atoms with Gasteiger partial charge in [-0.05, 0) is 40.2 Å². The highest BCUT2D eigenvalue weighted by Crippen LogP contribution is 2.20. The summed E-state index contributed by atoms with van der Waals surface area (Å²) in [7, 11) is 0. The lowest BCUT2D eigenvalue weighted by Crippen LogP contribution is -2.53. The van der Waals surface area contributed by atoms with E-state index < -0.39 is 0 Å². The Balaban J connectivity index is 1.83. The SMILES string of the molecule is CC(C)N1CCN(C(=O)[C@H]2CCN[C@@H](C)C2)CC1. The highest BCUT2D eigenvalue weighted by atomic mass is 16.2. The summed E-state index contributed by atoms with van der Waals surface area (Å²) in [5.74, 6) is 0.651. The summed E-state index contributed by atoms with van der Waals surface area (Å²) in [5, 5.41) is 3.41. The van der Waals surface area contributed by atoms with Crippen LogP contribution in [0.15, 0.2) is 0 Å². The Morgan fingerprint density at radius 3 is 2.44 bits per heavy atom. The summed E-state index contributed by atoms with van der Waals surface area (Å²) in [6, 6.07) is 1.09. The zero-order valence-corrected chi connectivity index (χ0v) is 12.0. The van der Waals surface area contributed by atoms with Crippen LogP contribution in [0.3, 0.4) is 0 Å². The van der Waals surface area contributed by atoms with E-state index in [1.165, 1.54) is 0 Å². The predicted octanol–water partition coefficient (Wildman–Crippen LogP) is 0.927. The molecule has 2 atom stereocenters. The molecule has 1 amide bonds. The topological polar surface area (TPSA) is 35.6 Å². The molecule has 2 rings (SSSR count). The van der Waals surface area contributed by atoms with E-state index in [0.717, 1.165) is 45.6 Å². The lowest BCUT2D eigenvalue weighted by molar-refractivity contribution is -0.138. The van der Waals surface area contributed by atoms with E-state index in [4.69, 9.17) is 0 Å². The van der Waals surface area contributed by atoms with Gasteiger partial charge in [-0.1, -0.05) is 0 Å². The number of carbonyl (C=O) groups is 1. The predicted molar refractivity (Wildman–Crippen MR) is 73.5 cm³/mol. The van der Waals surface area contributed by atoms with Crippen LogP contribution in [-0.2, 0) is 4.79 Å². The number of hydrogen-bond acceptors (Lipinski definition) is 3. The standard InChI is InChI=1S/C14H27N3O/c1-11(2)16-6-8-17(9-7-16)14(18)13-4-5-15-12(3)10-13/h11-13,15H,4-10H2,1-3H3/t12-,13-/m0/s1. The molecular formula is C14H27N3O. The average molecular weight is 253 g/mol. The molecule has 2 saturated heterocycles. The van der Waals surface area contributed by atoms with Gasteiger partial charge in [0.2, 0.25) is 5.91 Å². The quantitative estimate of drug-likeness (QED) is 0.795. The largest absolute Gasteiger partial charge is 0.340 e. The summed E-state index contributed by atoms with van der Waals surface area (Å²) in [6.45, 7) is 11.5. The summed E-state index contributed by atoms with van der Waals surface area (Å²) in [5.41, 5.74) is 0. The number of piperidine rings is 1. The number of carbonyl (C=O) groups excluding carboxylic acids is 1. The maximum Gasteiger partial charge on any atom is 0.225 e. The van der Waals surface area contributed by atoms with Crippen LogP contribution in [-0.4, -0.2) is 60.5 Å². The van der Waals surface area contributed by atoms with Crippen LogP contribution in [0.5, 0.6) is 0 Å². The number of amides is 1. The number of piperazine rings is 1. The molecule has 0 aliphatic carbocycles. The molecule has 0 saturated carbocycles. The molecule has 2 aliphatic heterocycles. The average Bonchev–Trinajstić information content (AvgIpc) is 2.38. The highest BCUT2D eigenvalue weighted by molar-refractivity contribution is 5.79. The number of nitrogens with one attached hydrogen (secondary N) is 1. The molecule has 18 heavy (non-hydrogen) atoms. The normalized spacial score (nSPS) is 30.8. The zero-order chi connectivity index (χ0) is 13.1. The summed E-state index contributed by atoms with van der Waals surface area (Å²) in [6.07, 6.45) is 2.01. The van der Waals surface area contributed by atoms with Gasteiger partial charge in [-0.15, -0.1) is 0 Å². The Morgan fingerprint density at radius 1 is 1.22 bits per heavy atom. The molecule has 0 spiro atoms. The van der Waals surface area contributed by atoms with Crippen LogP contribution in [0.2, 0.25) is 0 Å². The fourth-order valence-electron chi connectivity index (χ4n) is 3.07. The van der Waals surface area contributed by atoms with Gasteiger partial charge in [-0.25, -0.2) is 0 Å². The molecule has 0 aromatic heterocycles. The molecule has 4 nitrogen and oxygen atoms in total. The zero-order valence-electron chi connectivity index (χ0n) is 12.0. The Morgan fingerprint density at radius 2 is 1.89 bits per heavy atom. The van der Waals surface area contributed by atoms with Gasteiger partial charge in [0, 0.05) is 44.2 Å². The smallest absolute Gasteiger partial charge is 0.225 e. The van der Waals surface area contributed by atoms with Crippen molar-refractivity contribution in [1.29, 1.82) is 0 Å².